The summed E-state index contributed by atoms with van der Waals surface area (Å²) in [4.78, 5) is 13.1. The van der Waals surface area contributed by atoms with Gasteiger partial charge in [-0.3, -0.25) is 4.90 Å². The van der Waals surface area contributed by atoms with E-state index < -0.39 is 23.5 Å². The van der Waals surface area contributed by atoms with Crippen molar-refractivity contribution in [2.24, 2.45) is 5.73 Å². The summed E-state index contributed by atoms with van der Waals surface area (Å²) in [5, 5.41) is 23.0. The molecule has 0 spiro atoms. The van der Waals surface area contributed by atoms with Gasteiger partial charge in [-0.15, -0.1) is 0 Å². The largest absolute Gasteiger partial charge is 0.387 e. The van der Waals surface area contributed by atoms with Crippen LogP contribution in [0.3, 0.4) is 0 Å². The molecule has 4 saturated heterocycles. The molecule has 0 aromatic carbocycles. The minimum atomic E-state index is -1.31. The first kappa shape index (κ1) is 12.1. The van der Waals surface area contributed by atoms with Crippen LogP contribution in [0.2, 0.25) is 0 Å². The van der Waals surface area contributed by atoms with Crippen molar-refractivity contribution in [3.8, 4) is 0 Å². The smallest absolute Gasteiger partial charge is 0.319 e. The summed E-state index contributed by atoms with van der Waals surface area (Å²) in [6.07, 6.45) is -2.40. The Labute approximate surface area is 104 Å². The summed E-state index contributed by atoms with van der Waals surface area (Å²) in [5.41, 5.74) is 3.20. The van der Waals surface area contributed by atoms with E-state index in [1.54, 1.807) is 0 Å². The van der Waals surface area contributed by atoms with Crippen molar-refractivity contribution < 1.29 is 24.5 Å². The van der Waals surface area contributed by atoms with E-state index in [0.717, 1.165) is 0 Å². The summed E-state index contributed by atoms with van der Waals surface area (Å²) >= 11 is 0. The molecule has 0 saturated carbocycles. The van der Waals surface area contributed by atoms with Crippen LogP contribution in [-0.4, -0.2) is 77.5 Å². The molecule has 2 bridgehead atoms. The van der Waals surface area contributed by atoms with E-state index in [-0.39, 0.29) is 25.8 Å². The first-order valence-electron chi connectivity index (χ1n) is 5.95. The molecule has 8 heteroatoms. The Balaban J connectivity index is 1.93. The molecule has 8 nitrogen and oxygen atoms in total. The van der Waals surface area contributed by atoms with Gasteiger partial charge >= 0.3 is 6.03 Å². The van der Waals surface area contributed by atoms with E-state index in [2.05, 4.69) is 5.32 Å². The summed E-state index contributed by atoms with van der Waals surface area (Å²) < 4.78 is 11.2. The lowest BCUT2D eigenvalue weighted by molar-refractivity contribution is -0.379. The van der Waals surface area contributed by atoms with Crippen molar-refractivity contribution >= 4 is 6.03 Å². The number of carbonyl (C=O) groups excluding carboxylic acids is 1. The molecule has 2 amide bonds. The maximum atomic E-state index is 11.7. The van der Waals surface area contributed by atoms with Crippen LogP contribution in [0.15, 0.2) is 0 Å². The third-order valence-corrected chi connectivity index (χ3v) is 4.09. The molecule has 4 aliphatic heterocycles. The summed E-state index contributed by atoms with van der Waals surface area (Å²) in [7, 11) is 0. The quantitative estimate of drug-likeness (QED) is 0.425. The number of ether oxygens (including phenoxy) is 2. The van der Waals surface area contributed by atoms with Crippen LogP contribution in [0.25, 0.3) is 0 Å². The topological polar surface area (TPSA) is 117 Å². The van der Waals surface area contributed by atoms with Gasteiger partial charge in [-0.25, -0.2) is 4.79 Å². The van der Waals surface area contributed by atoms with E-state index >= 15 is 0 Å². The van der Waals surface area contributed by atoms with Gasteiger partial charge in [0.1, 0.15) is 17.8 Å². The number of aliphatic hydroxyl groups excluding tert-OH is 2. The molecule has 18 heavy (non-hydrogen) atoms. The molecule has 5 N–H and O–H groups in total. The average molecular weight is 259 g/mol. The minimum absolute atomic E-state index is 0.00977. The molecule has 0 aliphatic carbocycles. The monoisotopic (exact) mass is 259 g/mol. The van der Waals surface area contributed by atoms with Crippen LogP contribution in [0.5, 0.6) is 0 Å². The second-order valence-electron chi connectivity index (χ2n) is 4.96. The van der Waals surface area contributed by atoms with Crippen LogP contribution in [0.1, 0.15) is 0 Å². The Hall–Kier alpha value is -0.930. The zero-order chi connectivity index (χ0) is 13.0. The zero-order valence-corrected chi connectivity index (χ0v) is 9.83. The molecular formula is C10H17N3O5. The number of carbonyl (C=O) groups is 1. The summed E-state index contributed by atoms with van der Waals surface area (Å²) in [6, 6.07) is -0.327. The van der Waals surface area contributed by atoms with Crippen molar-refractivity contribution in [2.75, 3.05) is 32.8 Å². The molecule has 0 aromatic heterocycles. The highest BCUT2D eigenvalue weighted by molar-refractivity contribution is 5.77. The van der Waals surface area contributed by atoms with E-state index in [1.807, 2.05) is 0 Å². The molecule has 4 unspecified atom stereocenters. The third-order valence-electron chi connectivity index (χ3n) is 4.09. The summed E-state index contributed by atoms with van der Waals surface area (Å²) in [5.74, 6) is 0. The van der Waals surface area contributed by atoms with Gasteiger partial charge in [0, 0.05) is 19.6 Å². The lowest BCUT2D eigenvalue weighted by atomic mass is 9.81. The molecule has 4 heterocycles. The van der Waals surface area contributed by atoms with Crippen LogP contribution >= 0.6 is 0 Å². The Kier molecular flexibility index (Phi) is 2.55. The van der Waals surface area contributed by atoms with Crippen LogP contribution in [-0.2, 0) is 9.47 Å². The zero-order valence-electron chi connectivity index (χ0n) is 9.83. The lowest BCUT2D eigenvalue weighted by Crippen LogP contribution is -2.80. The predicted molar refractivity (Wildman–Crippen MR) is 58.5 cm³/mol. The van der Waals surface area contributed by atoms with Gasteiger partial charge in [0.05, 0.1) is 13.2 Å². The number of rotatable bonds is 2. The van der Waals surface area contributed by atoms with E-state index in [1.165, 1.54) is 4.90 Å². The molecule has 4 fully saturated rings. The first-order valence-corrected chi connectivity index (χ1v) is 5.95. The van der Waals surface area contributed by atoms with Crippen molar-refractivity contribution in [1.82, 2.24) is 10.2 Å². The van der Waals surface area contributed by atoms with Gasteiger partial charge in [-0.05, 0) is 0 Å². The van der Waals surface area contributed by atoms with E-state index in [0.29, 0.717) is 13.1 Å². The van der Waals surface area contributed by atoms with Gasteiger partial charge in [-0.1, -0.05) is 0 Å². The van der Waals surface area contributed by atoms with Crippen molar-refractivity contribution in [1.29, 1.82) is 0 Å². The Morgan fingerprint density at radius 2 is 2.17 bits per heavy atom. The average Bonchev–Trinajstić information content (AvgIpc) is 2.83. The molecule has 0 aromatic rings. The van der Waals surface area contributed by atoms with E-state index in [4.69, 9.17) is 15.2 Å². The van der Waals surface area contributed by atoms with Crippen LogP contribution in [0, 0.1) is 0 Å². The highest BCUT2D eigenvalue weighted by Crippen LogP contribution is 2.42. The number of nitrogens with zero attached hydrogens (tertiary/aromatic N) is 1. The normalized spacial score (nSPS) is 47.5. The fourth-order valence-corrected chi connectivity index (χ4v) is 2.84. The fourth-order valence-electron chi connectivity index (χ4n) is 2.84. The first-order chi connectivity index (χ1) is 8.56. The van der Waals surface area contributed by atoms with Gasteiger partial charge in [0.25, 0.3) is 0 Å². The number of aliphatic hydroxyl groups is 2. The molecule has 4 atom stereocenters. The molecule has 4 aliphatic rings. The minimum Gasteiger partial charge on any atom is -0.387 e. The number of fused-ring (bicyclic) bond motifs is 3. The maximum Gasteiger partial charge on any atom is 0.319 e. The molecule has 4 rings (SSSR count). The number of nitrogens with two attached hydrogens (primary N) is 1. The lowest BCUT2D eigenvalue weighted by Gasteiger charge is -2.59. The number of nitrogens with one attached hydrogen (secondary N) is 1. The third kappa shape index (κ3) is 1.29. The highest BCUT2D eigenvalue weighted by Gasteiger charge is 2.65. The maximum absolute atomic E-state index is 11.7. The highest BCUT2D eigenvalue weighted by atomic mass is 16.6. The van der Waals surface area contributed by atoms with Gasteiger partial charge in [0.15, 0.2) is 5.72 Å². The number of hydrogen-bond donors (Lipinski definition) is 4. The standard InChI is InChI=1S/C10H17N3O5/c11-3-9-4-18-10(5-17-9,7(15)6(9)14)13-2-1-12-8(13)16/h6-7,14-15H,1-5,11H2,(H,12,16). The second-order valence-corrected chi connectivity index (χ2v) is 4.96. The van der Waals surface area contributed by atoms with Crippen molar-refractivity contribution in [2.45, 2.75) is 23.5 Å². The molecule has 102 valence electrons. The fraction of sp³-hybridized carbons (Fsp3) is 0.900. The molecular weight excluding hydrogens is 242 g/mol. The Morgan fingerprint density at radius 1 is 1.39 bits per heavy atom. The van der Waals surface area contributed by atoms with E-state index in [9.17, 15) is 15.0 Å². The number of urea groups is 1. The van der Waals surface area contributed by atoms with Gasteiger partial charge in [-0.2, -0.15) is 0 Å². The van der Waals surface area contributed by atoms with Crippen molar-refractivity contribution in [3.05, 3.63) is 0 Å². The van der Waals surface area contributed by atoms with Gasteiger partial charge in [0.2, 0.25) is 0 Å². The van der Waals surface area contributed by atoms with Gasteiger partial charge < -0.3 is 30.7 Å². The Morgan fingerprint density at radius 3 is 2.67 bits per heavy atom. The van der Waals surface area contributed by atoms with Crippen LogP contribution in [0.4, 0.5) is 4.79 Å². The SMILES string of the molecule is NCC12COC(N3CCNC3=O)(CO1)C(O)C2O. The van der Waals surface area contributed by atoms with Crippen molar-refractivity contribution in [3.63, 3.8) is 0 Å². The molecule has 0 radical (unpaired) electrons. The number of hydrogen-bond acceptors (Lipinski definition) is 6. The van der Waals surface area contributed by atoms with Crippen LogP contribution < -0.4 is 11.1 Å². The number of amides is 2. The Bertz CT molecular complexity index is 369. The predicted octanol–water partition coefficient (Wildman–Crippen LogP) is -2.81. The summed E-state index contributed by atoms with van der Waals surface area (Å²) in [6.45, 7) is 1.01. The second kappa shape index (κ2) is 3.78.